The van der Waals surface area contributed by atoms with E-state index in [9.17, 15) is 14.0 Å². The van der Waals surface area contributed by atoms with Crippen molar-refractivity contribution in [3.05, 3.63) is 64.3 Å². The van der Waals surface area contributed by atoms with Gasteiger partial charge in [0.2, 0.25) is 5.91 Å². The molecule has 2 N–H and O–H groups in total. The van der Waals surface area contributed by atoms with E-state index < -0.39 is 0 Å². The molecule has 0 spiro atoms. The zero-order valence-electron chi connectivity index (χ0n) is 13.3. The van der Waals surface area contributed by atoms with Crippen LogP contribution in [0.2, 0.25) is 0 Å². The van der Waals surface area contributed by atoms with Gasteiger partial charge in [-0.2, -0.15) is 0 Å². The third-order valence-corrected chi connectivity index (χ3v) is 4.21. The number of carbonyl (C=O) groups is 1. The number of hydrogen-bond acceptors (Lipinski definition) is 3. The molecule has 1 fully saturated rings. The largest absolute Gasteiger partial charge is 0.321 e. The molecule has 0 aliphatic carbocycles. The zero-order chi connectivity index (χ0) is 16.9. The van der Waals surface area contributed by atoms with E-state index in [1.807, 2.05) is 0 Å². The van der Waals surface area contributed by atoms with Crippen LogP contribution >= 0.6 is 0 Å². The third-order valence-electron chi connectivity index (χ3n) is 4.21. The minimum Gasteiger partial charge on any atom is -0.321 e. The molecule has 24 heavy (non-hydrogen) atoms. The number of piperidine rings is 1. The summed E-state index contributed by atoms with van der Waals surface area (Å²) in [6, 6.07) is 9.34. The molecule has 1 atom stereocenters. The van der Waals surface area contributed by atoms with Crippen molar-refractivity contribution in [2.75, 3.05) is 18.4 Å². The smallest absolute Gasteiger partial charge is 0.274 e. The molecule has 0 radical (unpaired) electrons. The van der Waals surface area contributed by atoms with Gasteiger partial charge in [0.05, 0.1) is 12.5 Å². The molecule has 6 heteroatoms. The second-order valence-electron chi connectivity index (χ2n) is 6.01. The minimum atomic E-state index is -0.312. The number of benzene rings is 1. The van der Waals surface area contributed by atoms with Gasteiger partial charge >= 0.3 is 0 Å². The van der Waals surface area contributed by atoms with Crippen molar-refractivity contribution in [3.8, 4) is 0 Å². The fourth-order valence-corrected chi connectivity index (χ4v) is 2.85. The van der Waals surface area contributed by atoms with Gasteiger partial charge in [-0.05, 0) is 49.2 Å². The summed E-state index contributed by atoms with van der Waals surface area (Å²) in [5, 5.41) is 5.93. The summed E-state index contributed by atoms with van der Waals surface area (Å²) in [4.78, 5) is 24.8. The standard InChI is InChI=1S/C18H20FN3O2/c19-15-7-5-13(6-8-15)12-22-10-2-4-16(18(22)24)21-17(23)14-3-1-9-20-11-14/h2,4-8,10,14,20H,1,3,9,11-12H2,(H,21,23). The molecular weight excluding hydrogens is 309 g/mol. The lowest BCUT2D eigenvalue weighted by Gasteiger charge is -2.21. The van der Waals surface area contributed by atoms with Crippen LogP contribution in [0.5, 0.6) is 0 Å². The van der Waals surface area contributed by atoms with E-state index in [-0.39, 0.29) is 28.9 Å². The molecule has 1 unspecified atom stereocenters. The number of amides is 1. The number of carbonyl (C=O) groups excluding carboxylic acids is 1. The number of rotatable bonds is 4. The van der Waals surface area contributed by atoms with E-state index in [1.54, 1.807) is 30.5 Å². The molecule has 1 saturated heterocycles. The Labute approximate surface area is 139 Å². The molecular formula is C18H20FN3O2. The predicted molar refractivity (Wildman–Crippen MR) is 90.4 cm³/mol. The average Bonchev–Trinajstić information content (AvgIpc) is 2.61. The quantitative estimate of drug-likeness (QED) is 0.901. The third kappa shape index (κ3) is 3.89. The monoisotopic (exact) mass is 329 g/mol. The number of halogens is 1. The number of anilines is 1. The lowest BCUT2D eigenvalue weighted by atomic mass is 9.99. The van der Waals surface area contributed by atoms with Crippen LogP contribution in [0.25, 0.3) is 0 Å². The molecule has 126 valence electrons. The van der Waals surface area contributed by atoms with Crippen molar-refractivity contribution in [2.24, 2.45) is 5.92 Å². The van der Waals surface area contributed by atoms with Gasteiger partial charge in [0, 0.05) is 12.7 Å². The first-order chi connectivity index (χ1) is 11.6. The summed E-state index contributed by atoms with van der Waals surface area (Å²) in [5.41, 5.74) is 0.826. The SMILES string of the molecule is O=C(Nc1cccn(Cc2ccc(F)cc2)c1=O)C1CCCNC1. The summed E-state index contributed by atoms with van der Waals surface area (Å²) in [7, 11) is 0. The van der Waals surface area contributed by atoms with Gasteiger partial charge in [0.15, 0.2) is 0 Å². The van der Waals surface area contributed by atoms with E-state index in [2.05, 4.69) is 10.6 Å². The van der Waals surface area contributed by atoms with Crippen LogP contribution in [-0.4, -0.2) is 23.6 Å². The Bertz CT molecular complexity index is 765. The fraction of sp³-hybridized carbons (Fsp3) is 0.333. The summed E-state index contributed by atoms with van der Waals surface area (Å²) in [6.45, 7) is 1.90. The van der Waals surface area contributed by atoms with Crippen LogP contribution in [0, 0.1) is 11.7 Å². The summed E-state index contributed by atoms with van der Waals surface area (Å²) < 4.78 is 14.5. The zero-order valence-corrected chi connectivity index (χ0v) is 13.3. The van der Waals surface area contributed by atoms with Crippen LogP contribution in [0.4, 0.5) is 10.1 Å². The van der Waals surface area contributed by atoms with E-state index in [1.165, 1.54) is 16.7 Å². The molecule has 3 rings (SSSR count). The Morgan fingerprint density at radius 3 is 2.79 bits per heavy atom. The lowest BCUT2D eigenvalue weighted by Crippen LogP contribution is -2.38. The molecule has 1 aromatic heterocycles. The Morgan fingerprint density at radius 1 is 1.29 bits per heavy atom. The van der Waals surface area contributed by atoms with Crippen molar-refractivity contribution < 1.29 is 9.18 Å². The Hall–Kier alpha value is -2.47. The molecule has 0 saturated carbocycles. The van der Waals surface area contributed by atoms with Crippen molar-refractivity contribution in [3.63, 3.8) is 0 Å². The molecule has 2 heterocycles. The van der Waals surface area contributed by atoms with E-state index in [4.69, 9.17) is 0 Å². The highest BCUT2D eigenvalue weighted by Crippen LogP contribution is 2.12. The number of aromatic nitrogens is 1. The predicted octanol–water partition coefficient (Wildman–Crippen LogP) is 1.97. The molecule has 1 aromatic carbocycles. The maximum Gasteiger partial charge on any atom is 0.274 e. The first-order valence-electron chi connectivity index (χ1n) is 8.09. The van der Waals surface area contributed by atoms with Gasteiger partial charge < -0.3 is 15.2 Å². The second-order valence-corrected chi connectivity index (χ2v) is 6.01. The number of nitrogens with zero attached hydrogens (tertiary/aromatic N) is 1. The number of nitrogens with one attached hydrogen (secondary N) is 2. The van der Waals surface area contributed by atoms with Gasteiger partial charge in [-0.1, -0.05) is 12.1 Å². The maximum atomic E-state index is 13.0. The first kappa shape index (κ1) is 16.4. The second kappa shape index (κ2) is 7.40. The molecule has 0 bridgehead atoms. The molecule has 1 aliphatic heterocycles. The van der Waals surface area contributed by atoms with Gasteiger partial charge in [0.1, 0.15) is 11.5 Å². The molecule has 1 aliphatic rings. The highest BCUT2D eigenvalue weighted by Gasteiger charge is 2.21. The van der Waals surface area contributed by atoms with Crippen LogP contribution < -0.4 is 16.2 Å². The van der Waals surface area contributed by atoms with E-state index in [0.29, 0.717) is 13.1 Å². The van der Waals surface area contributed by atoms with Crippen LogP contribution in [0.3, 0.4) is 0 Å². The fourth-order valence-electron chi connectivity index (χ4n) is 2.85. The number of pyridine rings is 1. The first-order valence-corrected chi connectivity index (χ1v) is 8.09. The summed E-state index contributed by atoms with van der Waals surface area (Å²) >= 11 is 0. The Morgan fingerprint density at radius 2 is 2.08 bits per heavy atom. The van der Waals surface area contributed by atoms with Gasteiger partial charge in [0.25, 0.3) is 5.56 Å². The van der Waals surface area contributed by atoms with Crippen LogP contribution in [-0.2, 0) is 11.3 Å². The number of hydrogen-bond donors (Lipinski definition) is 2. The summed E-state index contributed by atoms with van der Waals surface area (Å²) in [5.74, 6) is -0.545. The normalized spacial score (nSPS) is 17.5. The molecule has 1 amide bonds. The maximum absolute atomic E-state index is 13.0. The van der Waals surface area contributed by atoms with Gasteiger partial charge in [-0.25, -0.2) is 4.39 Å². The molecule has 2 aromatic rings. The van der Waals surface area contributed by atoms with Crippen LogP contribution in [0.1, 0.15) is 18.4 Å². The lowest BCUT2D eigenvalue weighted by molar-refractivity contribution is -0.120. The van der Waals surface area contributed by atoms with Gasteiger partial charge in [-0.15, -0.1) is 0 Å². The Kier molecular flexibility index (Phi) is 5.05. The van der Waals surface area contributed by atoms with Crippen molar-refractivity contribution >= 4 is 11.6 Å². The highest BCUT2D eigenvalue weighted by atomic mass is 19.1. The summed E-state index contributed by atoms with van der Waals surface area (Å²) in [6.07, 6.45) is 3.45. The topological polar surface area (TPSA) is 63.1 Å². The van der Waals surface area contributed by atoms with Crippen molar-refractivity contribution in [1.82, 2.24) is 9.88 Å². The molecule has 5 nitrogen and oxygen atoms in total. The highest BCUT2D eigenvalue weighted by molar-refractivity contribution is 5.92. The minimum absolute atomic E-state index is 0.107. The van der Waals surface area contributed by atoms with Crippen molar-refractivity contribution in [1.29, 1.82) is 0 Å². The van der Waals surface area contributed by atoms with Crippen LogP contribution in [0.15, 0.2) is 47.4 Å². The van der Waals surface area contributed by atoms with Crippen molar-refractivity contribution in [2.45, 2.75) is 19.4 Å². The van der Waals surface area contributed by atoms with E-state index in [0.717, 1.165) is 24.9 Å². The van der Waals surface area contributed by atoms with Gasteiger partial charge in [-0.3, -0.25) is 9.59 Å². The Balaban J connectivity index is 1.74. The average molecular weight is 329 g/mol. The van der Waals surface area contributed by atoms with E-state index >= 15 is 0 Å².